The molecule has 0 saturated heterocycles. The van der Waals surface area contributed by atoms with Gasteiger partial charge in [-0.1, -0.05) is 19.1 Å². The van der Waals surface area contributed by atoms with Crippen molar-refractivity contribution in [3.05, 3.63) is 24.3 Å². The minimum absolute atomic E-state index is 0.0446. The van der Waals surface area contributed by atoms with Crippen molar-refractivity contribution in [2.75, 3.05) is 18.9 Å². The number of carbonyl (C=O) groups is 1. The highest BCUT2D eigenvalue weighted by Crippen LogP contribution is 2.21. The van der Waals surface area contributed by atoms with Gasteiger partial charge in [0.15, 0.2) is 0 Å². The lowest BCUT2D eigenvalue weighted by atomic mass is 10.0. The second-order valence-corrected chi connectivity index (χ2v) is 6.67. The lowest BCUT2D eigenvalue weighted by Crippen LogP contribution is -2.49. The molecule has 0 fully saturated rings. The minimum atomic E-state index is -3.62. The molecule has 1 amide bonds. The Morgan fingerprint density at radius 1 is 1.25 bits per heavy atom. The van der Waals surface area contributed by atoms with E-state index < -0.39 is 15.6 Å². The number of para-hydroxylation sites is 1. The van der Waals surface area contributed by atoms with Gasteiger partial charge in [0.25, 0.3) is 0 Å². The molecule has 6 nitrogen and oxygen atoms in total. The number of hydrogen-bond acceptors (Lipinski definition) is 4. The molecule has 1 aromatic rings. The zero-order valence-electron chi connectivity index (χ0n) is 12.1. The Balaban J connectivity index is 3.09. The molecule has 0 radical (unpaired) electrons. The van der Waals surface area contributed by atoms with Crippen LogP contribution in [0.15, 0.2) is 29.2 Å². The molecule has 0 heterocycles. The van der Waals surface area contributed by atoms with E-state index in [9.17, 15) is 13.2 Å². The highest BCUT2D eigenvalue weighted by Gasteiger charge is 2.27. The van der Waals surface area contributed by atoms with Gasteiger partial charge >= 0.3 is 0 Å². The number of anilines is 1. The van der Waals surface area contributed by atoms with Crippen LogP contribution in [-0.2, 0) is 14.8 Å². The highest BCUT2D eigenvalue weighted by molar-refractivity contribution is 7.89. The number of amides is 1. The van der Waals surface area contributed by atoms with Crippen LogP contribution in [0.1, 0.15) is 20.8 Å². The van der Waals surface area contributed by atoms with E-state index in [1.807, 2.05) is 6.92 Å². The molecule has 0 spiro atoms. The summed E-state index contributed by atoms with van der Waals surface area (Å²) >= 11 is 0. The van der Waals surface area contributed by atoms with Crippen molar-refractivity contribution >= 4 is 21.6 Å². The molecule has 0 bridgehead atoms. The number of hydrogen-bond donors (Lipinski definition) is 3. The smallest absolute Gasteiger partial charge is 0.244 e. The molecule has 0 atom stereocenters. The van der Waals surface area contributed by atoms with Gasteiger partial charge in [-0.2, -0.15) is 0 Å². The maximum absolute atomic E-state index is 12.2. The van der Waals surface area contributed by atoms with Gasteiger partial charge in [0.1, 0.15) is 4.90 Å². The molecule has 0 aromatic heterocycles. The van der Waals surface area contributed by atoms with E-state index >= 15 is 0 Å². The van der Waals surface area contributed by atoms with Gasteiger partial charge in [-0.25, -0.2) is 13.1 Å². The van der Waals surface area contributed by atoms with Crippen LogP contribution in [0.3, 0.4) is 0 Å². The van der Waals surface area contributed by atoms with Crippen molar-refractivity contribution in [2.45, 2.75) is 31.2 Å². The lowest BCUT2D eigenvalue weighted by Gasteiger charge is -2.25. The van der Waals surface area contributed by atoms with E-state index in [1.165, 1.54) is 13.1 Å². The van der Waals surface area contributed by atoms with Gasteiger partial charge in [-0.15, -0.1) is 0 Å². The van der Waals surface area contributed by atoms with E-state index in [1.54, 1.807) is 32.0 Å². The van der Waals surface area contributed by atoms with E-state index in [2.05, 4.69) is 15.4 Å². The zero-order chi connectivity index (χ0) is 15.4. The molecule has 3 N–H and O–H groups in total. The second kappa shape index (κ2) is 6.34. The average Bonchev–Trinajstić information content (AvgIpc) is 2.39. The minimum Gasteiger partial charge on any atom is -0.323 e. The monoisotopic (exact) mass is 299 g/mol. The molecule has 1 aromatic carbocycles. The number of carbonyl (C=O) groups excluding carboxylic acids is 1. The molecule has 0 aliphatic carbocycles. The van der Waals surface area contributed by atoms with Crippen molar-refractivity contribution in [3.8, 4) is 0 Å². The first kappa shape index (κ1) is 16.6. The Hall–Kier alpha value is -1.44. The maximum atomic E-state index is 12.2. The maximum Gasteiger partial charge on any atom is 0.244 e. The van der Waals surface area contributed by atoms with Crippen molar-refractivity contribution < 1.29 is 13.2 Å². The zero-order valence-corrected chi connectivity index (χ0v) is 13.0. The Kier molecular flexibility index (Phi) is 5.27. The van der Waals surface area contributed by atoms with Gasteiger partial charge in [0.05, 0.1) is 11.2 Å². The van der Waals surface area contributed by atoms with Crippen molar-refractivity contribution in [2.24, 2.45) is 0 Å². The third-order valence-corrected chi connectivity index (χ3v) is 4.35. The number of rotatable bonds is 6. The van der Waals surface area contributed by atoms with E-state index in [4.69, 9.17) is 0 Å². The van der Waals surface area contributed by atoms with Crippen LogP contribution in [-0.4, -0.2) is 33.5 Å². The fourth-order valence-corrected chi connectivity index (χ4v) is 2.60. The first-order valence-corrected chi connectivity index (χ1v) is 7.82. The number of sulfonamides is 1. The number of likely N-dealkylation sites (N-methyl/N-ethyl adjacent to an activating group) is 1. The normalized spacial score (nSPS) is 12.2. The molecule has 112 valence electrons. The van der Waals surface area contributed by atoms with Crippen LogP contribution < -0.4 is 15.4 Å². The quantitative estimate of drug-likeness (QED) is 0.729. The standard InChI is InChI=1S/C13H21N3O3S/c1-5-15-13(2,3)12(17)16-10-8-6-7-9-11(10)20(18,19)14-4/h6-9,14-15H,5H2,1-4H3,(H,16,17). The van der Waals surface area contributed by atoms with Crippen LogP contribution in [0.5, 0.6) is 0 Å². The number of nitrogens with one attached hydrogen (secondary N) is 3. The van der Waals surface area contributed by atoms with Crippen LogP contribution in [0.2, 0.25) is 0 Å². The Labute approximate surface area is 120 Å². The van der Waals surface area contributed by atoms with E-state index in [0.29, 0.717) is 6.54 Å². The largest absolute Gasteiger partial charge is 0.323 e. The molecule has 0 aliphatic rings. The van der Waals surface area contributed by atoms with E-state index in [-0.39, 0.29) is 16.5 Å². The fourth-order valence-electron chi connectivity index (χ4n) is 1.71. The molecule has 0 saturated carbocycles. The third-order valence-electron chi connectivity index (χ3n) is 2.88. The molecule has 1 rings (SSSR count). The van der Waals surface area contributed by atoms with Crippen LogP contribution in [0, 0.1) is 0 Å². The van der Waals surface area contributed by atoms with Gasteiger partial charge in [0, 0.05) is 0 Å². The third kappa shape index (κ3) is 3.78. The van der Waals surface area contributed by atoms with Crippen LogP contribution >= 0.6 is 0 Å². The fraction of sp³-hybridized carbons (Fsp3) is 0.462. The Bertz CT molecular complexity index is 582. The Morgan fingerprint density at radius 3 is 2.40 bits per heavy atom. The lowest BCUT2D eigenvalue weighted by molar-refractivity contribution is -0.121. The summed E-state index contributed by atoms with van der Waals surface area (Å²) in [5, 5.41) is 5.69. The molecule has 0 aliphatic heterocycles. The predicted octanol–water partition coefficient (Wildman–Crippen LogP) is 0.921. The predicted molar refractivity (Wildman–Crippen MR) is 79.1 cm³/mol. The summed E-state index contributed by atoms with van der Waals surface area (Å²) in [6, 6.07) is 6.28. The SMILES string of the molecule is CCNC(C)(C)C(=O)Nc1ccccc1S(=O)(=O)NC. The molecular weight excluding hydrogens is 278 g/mol. The van der Waals surface area contributed by atoms with E-state index in [0.717, 1.165) is 0 Å². The van der Waals surface area contributed by atoms with Gasteiger partial charge < -0.3 is 10.6 Å². The summed E-state index contributed by atoms with van der Waals surface area (Å²) < 4.78 is 26.0. The van der Waals surface area contributed by atoms with Gasteiger partial charge in [-0.3, -0.25) is 4.79 Å². The molecular formula is C13H21N3O3S. The molecule has 0 unspecified atom stereocenters. The van der Waals surface area contributed by atoms with Crippen LogP contribution in [0.25, 0.3) is 0 Å². The van der Waals surface area contributed by atoms with Crippen LogP contribution in [0.4, 0.5) is 5.69 Å². The van der Waals surface area contributed by atoms with Gasteiger partial charge in [-0.05, 0) is 39.6 Å². The summed E-state index contributed by atoms with van der Waals surface area (Å²) in [6.45, 7) is 6.01. The molecule has 20 heavy (non-hydrogen) atoms. The summed E-state index contributed by atoms with van der Waals surface area (Å²) in [5.74, 6) is -0.293. The summed E-state index contributed by atoms with van der Waals surface area (Å²) in [6.07, 6.45) is 0. The van der Waals surface area contributed by atoms with Crippen molar-refractivity contribution in [1.82, 2.24) is 10.0 Å². The average molecular weight is 299 g/mol. The highest BCUT2D eigenvalue weighted by atomic mass is 32.2. The van der Waals surface area contributed by atoms with Crippen molar-refractivity contribution in [3.63, 3.8) is 0 Å². The van der Waals surface area contributed by atoms with Crippen molar-refractivity contribution in [1.29, 1.82) is 0 Å². The summed E-state index contributed by atoms with van der Waals surface area (Å²) in [7, 11) is -2.29. The summed E-state index contributed by atoms with van der Waals surface area (Å²) in [4.78, 5) is 12.2. The van der Waals surface area contributed by atoms with Gasteiger partial charge in [0.2, 0.25) is 15.9 Å². The first-order chi connectivity index (χ1) is 9.24. The summed E-state index contributed by atoms with van der Waals surface area (Å²) in [5.41, 5.74) is -0.525. The topological polar surface area (TPSA) is 87.3 Å². The molecule has 7 heteroatoms. The first-order valence-electron chi connectivity index (χ1n) is 6.33. The number of benzene rings is 1. The second-order valence-electron chi connectivity index (χ2n) is 4.81. The Morgan fingerprint density at radius 2 is 1.85 bits per heavy atom.